The summed E-state index contributed by atoms with van der Waals surface area (Å²) >= 11 is 0. The molecule has 0 unspecified atom stereocenters. The molecule has 2 aromatic heterocycles. The van der Waals surface area contributed by atoms with E-state index >= 15 is 0 Å². The van der Waals surface area contributed by atoms with Crippen LogP contribution < -0.4 is 5.56 Å². The summed E-state index contributed by atoms with van der Waals surface area (Å²) in [6.07, 6.45) is 0. The third-order valence-corrected chi connectivity index (χ3v) is 6.47. The number of aromatic amines is 1. The number of hydrogen-bond donors (Lipinski definition) is 1. The van der Waals surface area contributed by atoms with Crippen molar-refractivity contribution in [2.45, 2.75) is 53.1 Å². The fourth-order valence-corrected chi connectivity index (χ4v) is 4.42. The van der Waals surface area contributed by atoms with Gasteiger partial charge in [0.25, 0.3) is 5.56 Å². The summed E-state index contributed by atoms with van der Waals surface area (Å²) in [6.45, 7) is 17.2. The number of nitrogens with one attached hydrogen (secondary N) is 1. The highest BCUT2D eigenvalue weighted by Crippen LogP contribution is 2.30. The molecule has 0 spiro atoms. The molecule has 0 aliphatic carbocycles. The van der Waals surface area contributed by atoms with Gasteiger partial charge in [0, 0.05) is 31.7 Å². The number of fused-ring (bicyclic) bond motifs is 1. The summed E-state index contributed by atoms with van der Waals surface area (Å²) in [5.74, 6) is 0.714. The SMILES string of the molecule is CCN1CCN([C@@H](c2cc3ccc(C)c(C)c3[nH]c2=O)c2nnnn2C(C)(C)C)CC1. The molecule has 1 saturated heterocycles. The molecule has 1 aliphatic rings. The second-order valence-corrected chi connectivity index (χ2v) is 9.52. The topological polar surface area (TPSA) is 82.9 Å². The van der Waals surface area contributed by atoms with Gasteiger partial charge in [0.15, 0.2) is 5.82 Å². The lowest BCUT2D eigenvalue weighted by Crippen LogP contribution is -2.49. The molecule has 1 aliphatic heterocycles. The zero-order valence-corrected chi connectivity index (χ0v) is 19.4. The second kappa shape index (κ2) is 8.16. The predicted octanol–water partition coefficient (Wildman–Crippen LogP) is 2.61. The summed E-state index contributed by atoms with van der Waals surface area (Å²) in [4.78, 5) is 21.3. The molecular formula is C23H33N7O. The van der Waals surface area contributed by atoms with Crippen LogP contribution in [0.15, 0.2) is 23.0 Å². The highest BCUT2D eigenvalue weighted by molar-refractivity contribution is 5.83. The van der Waals surface area contributed by atoms with Crippen molar-refractivity contribution in [1.82, 2.24) is 35.0 Å². The molecule has 1 aromatic carbocycles. The maximum Gasteiger partial charge on any atom is 0.253 e. The third-order valence-electron chi connectivity index (χ3n) is 6.47. The lowest BCUT2D eigenvalue weighted by atomic mass is 9.99. The molecule has 1 fully saturated rings. The summed E-state index contributed by atoms with van der Waals surface area (Å²) in [7, 11) is 0. The Hall–Kier alpha value is -2.58. The first-order valence-electron chi connectivity index (χ1n) is 11.1. The van der Waals surface area contributed by atoms with Gasteiger partial charge in [-0.1, -0.05) is 19.1 Å². The Morgan fingerprint density at radius 1 is 1.13 bits per heavy atom. The van der Waals surface area contributed by atoms with Crippen LogP contribution in [0.3, 0.4) is 0 Å². The summed E-state index contributed by atoms with van der Waals surface area (Å²) in [5.41, 5.74) is 3.50. The molecule has 1 atom stereocenters. The van der Waals surface area contributed by atoms with E-state index in [0.717, 1.165) is 49.2 Å². The number of likely N-dealkylation sites (N-methyl/N-ethyl adjacent to an activating group) is 1. The Bertz CT molecular complexity index is 1130. The molecule has 0 bridgehead atoms. The monoisotopic (exact) mass is 423 g/mol. The highest BCUT2D eigenvalue weighted by Gasteiger charge is 2.34. The highest BCUT2D eigenvalue weighted by atomic mass is 16.1. The first-order chi connectivity index (χ1) is 14.7. The van der Waals surface area contributed by atoms with E-state index in [4.69, 9.17) is 0 Å². The number of hydrogen-bond acceptors (Lipinski definition) is 6. The zero-order chi connectivity index (χ0) is 22.3. The van der Waals surface area contributed by atoms with E-state index in [-0.39, 0.29) is 17.1 Å². The number of aromatic nitrogens is 5. The Balaban J connectivity index is 1.88. The van der Waals surface area contributed by atoms with E-state index in [0.29, 0.717) is 11.4 Å². The fraction of sp³-hybridized carbons (Fsp3) is 0.565. The van der Waals surface area contributed by atoms with Crippen molar-refractivity contribution >= 4 is 10.9 Å². The Kier molecular flexibility index (Phi) is 5.70. The smallest absolute Gasteiger partial charge is 0.253 e. The summed E-state index contributed by atoms with van der Waals surface area (Å²) < 4.78 is 1.86. The van der Waals surface area contributed by atoms with Gasteiger partial charge >= 0.3 is 0 Å². The average molecular weight is 424 g/mol. The number of tetrazole rings is 1. The van der Waals surface area contributed by atoms with Crippen LogP contribution in [-0.2, 0) is 5.54 Å². The number of nitrogens with zero attached hydrogens (tertiary/aromatic N) is 6. The average Bonchev–Trinajstić information content (AvgIpc) is 3.23. The quantitative estimate of drug-likeness (QED) is 0.695. The van der Waals surface area contributed by atoms with E-state index in [1.165, 1.54) is 5.56 Å². The van der Waals surface area contributed by atoms with Crippen LogP contribution in [0.2, 0.25) is 0 Å². The lowest BCUT2D eigenvalue weighted by Gasteiger charge is -2.39. The van der Waals surface area contributed by atoms with Crippen molar-refractivity contribution in [3.63, 3.8) is 0 Å². The minimum atomic E-state index is -0.303. The Morgan fingerprint density at radius 2 is 1.84 bits per heavy atom. The number of pyridine rings is 1. The van der Waals surface area contributed by atoms with Crippen LogP contribution in [0.4, 0.5) is 0 Å². The first-order valence-corrected chi connectivity index (χ1v) is 11.1. The molecule has 4 rings (SSSR count). The van der Waals surface area contributed by atoms with E-state index in [9.17, 15) is 4.79 Å². The number of H-pyrrole nitrogens is 1. The van der Waals surface area contributed by atoms with Gasteiger partial charge in [-0.2, -0.15) is 0 Å². The van der Waals surface area contributed by atoms with Crippen molar-refractivity contribution in [3.8, 4) is 0 Å². The summed E-state index contributed by atoms with van der Waals surface area (Å²) in [5, 5.41) is 13.7. The number of aryl methyl sites for hydroxylation is 2. The lowest BCUT2D eigenvalue weighted by molar-refractivity contribution is 0.105. The van der Waals surface area contributed by atoms with Crippen molar-refractivity contribution in [2.24, 2.45) is 0 Å². The minimum absolute atomic E-state index is 0.0763. The largest absolute Gasteiger partial charge is 0.321 e. The molecule has 0 amide bonds. The normalized spacial score (nSPS) is 17.4. The van der Waals surface area contributed by atoms with E-state index in [2.05, 4.69) is 84.0 Å². The van der Waals surface area contributed by atoms with Gasteiger partial charge in [-0.3, -0.25) is 9.69 Å². The molecule has 3 heterocycles. The standard InChI is InChI=1S/C23H33N7O/c1-7-28-10-12-29(13-11-28)20(21-25-26-27-30(21)23(4,5)6)18-14-17-9-8-15(2)16(3)19(17)24-22(18)31/h8-9,14,20H,7,10-13H2,1-6H3,(H,24,31)/t20-/m0/s1. The maximum atomic E-state index is 13.4. The van der Waals surface area contributed by atoms with Crippen LogP contribution >= 0.6 is 0 Å². The Labute approximate surface area is 183 Å². The molecule has 8 nitrogen and oxygen atoms in total. The van der Waals surface area contributed by atoms with E-state index < -0.39 is 0 Å². The van der Waals surface area contributed by atoms with E-state index in [1.54, 1.807) is 0 Å². The van der Waals surface area contributed by atoms with Gasteiger partial charge in [0.1, 0.15) is 6.04 Å². The van der Waals surface area contributed by atoms with Crippen molar-refractivity contribution in [1.29, 1.82) is 0 Å². The van der Waals surface area contributed by atoms with Gasteiger partial charge in [-0.15, -0.1) is 5.10 Å². The van der Waals surface area contributed by atoms with Gasteiger partial charge in [0.05, 0.1) is 11.1 Å². The van der Waals surface area contributed by atoms with Crippen LogP contribution in [-0.4, -0.2) is 67.7 Å². The van der Waals surface area contributed by atoms with Gasteiger partial charge < -0.3 is 9.88 Å². The van der Waals surface area contributed by atoms with Gasteiger partial charge in [-0.25, -0.2) is 4.68 Å². The zero-order valence-electron chi connectivity index (χ0n) is 19.4. The molecule has 8 heteroatoms. The van der Waals surface area contributed by atoms with E-state index in [1.807, 2.05) is 10.7 Å². The number of rotatable bonds is 4. The van der Waals surface area contributed by atoms with Crippen molar-refractivity contribution in [2.75, 3.05) is 32.7 Å². The minimum Gasteiger partial charge on any atom is -0.321 e. The van der Waals surface area contributed by atoms with Crippen molar-refractivity contribution in [3.05, 3.63) is 51.1 Å². The summed E-state index contributed by atoms with van der Waals surface area (Å²) in [6, 6.07) is 5.91. The van der Waals surface area contributed by atoms with Crippen LogP contribution in [0.5, 0.6) is 0 Å². The first kappa shape index (κ1) is 21.6. The van der Waals surface area contributed by atoms with Crippen LogP contribution in [0, 0.1) is 13.8 Å². The molecule has 0 radical (unpaired) electrons. The molecule has 1 N–H and O–H groups in total. The predicted molar refractivity (Wildman–Crippen MR) is 122 cm³/mol. The van der Waals surface area contributed by atoms with Gasteiger partial charge in [-0.05, 0) is 74.2 Å². The fourth-order valence-electron chi connectivity index (χ4n) is 4.42. The molecule has 31 heavy (non-hydrogen) atoms. The third kappa shape index (κ3) is 4.02. The van der Waals surface area contributed by atoms with Crippen molar-refractivity contribution < 1.29 is 0 Å². The number of benzene rings is 1. The molecular weight excluding hydrogens is 390 g/mol. The van der Waals surface area contributed by atoms with Gasteiger partial charge in [0.2, 0.25) is 0 Å². The molecule has 166 valence electrons. The van der Waals surface area contributed by atoms with Crippen LogP contribution in [0.1, 0.15) is 56.3 Å². The molecule has 0 saturated carbocycles. The molecule has 3 aromatic rings. The second-order valence-electron chi connectivity index (χ2n) is 9.52. The Morgan fingerprint density at radius 3 is 2.48 bits per heavy atom. The van der Waals surface area contributed by atoms with Crippen LogP contribution in [0.25, 0.3) is 10.9 Å². The maximum absolute atomic E-state index is 13.4. The number of piperazine rings is 1.